The minimum Gasteiger partial charge on any atom is -0.398 e. The number of carbonyl (C=O) groups is 1. The fraction of sp³-hybridized carbons (Fsp3) is 0.300. The van der Waals surface area contributed by atoms with Crippen molar-refractivity contribution in [2.75, 3.05) is 12.0 Å². The molecule has 0 bridgehead atoms. The van der Waals surface area contributed by atoms with Crippen LogP contribution in [0.15, 0.2) is 23.1 Å². The first-order chi connectivity index (χ1) is 6.57. The third kappa shape index (κ3) is 2.22. The third-order valence-electron chi connectivity index (χ3n) is 1.93. The number of rotatable bonds is 3. The molecule has 0 aliphatic heterocycles. The smallest absolute Gasteiger partial charge is 0.152 e. The minimum atomic E-state index is -0.640. The molecule has 1 unspecified atom stereocenters. The Morgan fingerprint density at radius 1 is 1.57 bits per heavy atom. The van der Waals surface area contributed by atoms with E-state index in [1.54, 1.807) is 6.07 Å². The molecule has 0 fully saturated rings. The fourth-order valence-electron chi connectivity index (χ4n) is 1.21. The summed E-state index contributed by atoms with van der Waals surface area (Å²) in [7, 11) is 0. The van der Waals surface area contributed by atoms with Crippen LogP contribution < -0.4 is 5.73 Å². The van der Waals surface area contributed by atoms with Gasteiger partial charge in [0.15, 0.2) is 5.78 Å². The highest BCUT2D eigenvalue weighted by atomic mass is 35.5. The Bertz CT molecular complexity index is 354. The van der Waals surface area contributed by atoms with Gasteiger partial charge in [-0.25, -0.2) is 0 Å². The van der Waals surface area contributed by atoms with E-state index in [9.17, 15) is 4.79 Å². The molecule has 0 heterocycles. The number of hydrogen-bond acceptors (Lipinski definition) is 3. The number of anilines is 1. The normalized spacial score (nSPS) is 12.5. The molecule has 76 valence electrons. The number of hydrogen-bond donors (Lipinski definition) is 1. The highest BCUT2D eigenvalue weighted by molar-refractivity contribution is 7.98. The zero-order chi connectivity index (χ0) is 10.7. The van der Waals surface area contributed by atoms with E-state index in [4.69, 9.17) is 17.3 Å². The van der Waals surface area contributed by atoms with Crippen LogP contribution in [0.1, 0.15) is 17.9 Å². The van der Waals surface area contributed by atoms with Gasteiger partial charge in [-0.3, -0.25) is 4.79 Å². The predicted molar refractivity (Wildman–Crippen MR) is 61.9 cm³/mol. The molecule has 0 radical (unpaired) electrons. The molecule has 0 saturated carbocycles. The fourth-order valence-corrected chi connectivity index (χ4v) is 2.19. The Morgan fingerprint density at radius 2 is 2.21 bits per heavy atom. The van der Waals surface area contributed by atoms with E-state index in [2.05, 4.69) is 0 Å². The number of nitrogen functional groups attached to an aromatic ring is 1. The van der Waals surface area contributed by atoms with Gasteiger partial charge in [-0.1, -0.05) is 6.07 Å². The van der Waals surface area contributed by atoms with Crippen molar-refractivity contribution in [3.63, 3.8) is 0 Å². The molecule has 14 heavy (non-hydrogen) atoms. The van der Waals surface area contributed by atoms with Gasteiger partial charge in [0.1, 0.15) is 5.38 Å². The molecular formula is C10H12ClNOS. The minimum absolute atomic E-state index is 0.0835. The maximum absolute atomic E-state index is 11.2. The van der Waals surface area contributed by atoms with Crippen LogP contribution in [0, 0.1) is 0 Å². The van der Waals surface area contributed by atoms with Crippen LogP contribution in [0.2, 0.25) is 0 Å². The molecule has 1 rings (SSSR count). The Kier molecular flexibility index (Phi) is 3.84. The van der Waals surface area contributed by atoms with Crippen molar-refractivity contribution in [3.05, 3.63) is 23.8 Å². The van der Waals surface area contributed by atoms with Crippen molar-refractivity contribution in [2.45, 2.75) is 17.2 Å². The second-order valence-electron chi connectivity index (χ2n) is 2.94. The quantitative estimate of drug-likeness (QED) is 0.493. The van der Waals surface area contributed by atoms with E-state index in [0.717, 1.165) is 10.5 Å². The lowest BCUT2D eigenvalue weighted by molar-refractivity contribution is -0.116. The number of nitrogens with two attached hydrogens (primary N) is 1. The second kappa shape index (κ2) is 4.71. The summed E-state index contributed by atoms with van der Waals surface area (Å²) in [4.78, 5) is 12.1. The molecular weight excluding hydrogens is 218 g/mol. The van der Waals surface area contributed by atoms with Gasteiger partial charge in [-0.05, 0) is 25.3 Å². The molecule has 0 aliphatic carbocycles. The molecule has 0 amide bonds. The summed E-state index contributed by atoms with van der Waals surface area (Å²) in [6.07, 6.45) is 1.93. The zero-order valence-corrected chi connectivity index (χ0v) is 9.65. The van der Waals surface area contributed by atoms with Gasteiger partial charge in [0, 0.05) is 16.1 Å². The summed E-state index contributed by atoms with van der Waals surface area (Å²) < 4.78 is 0. The van der Waals surface area contributed by atoms with Crippen LogP contribution in [0.3, 0.4) is 0 Å². The van der Waals surface area contributed by atoms with E-state index in [-0.39, 0.29) is 5.78 Å². The van der Waals surface area contributed by atoms with E-state index in [1.807, 2.05) is 18.4 Å². The van der Waals surface area contributed by atoms with E-state index in [1.165, 1.54) is 18.7 Å². The molecule has 2 N–H and O–H groups in total. The molecule has 4 heteroatoms. The van der Waals surface area contributed by atoms with Crippen molar-refractivity contribution >= 4 is 34.8 Å². The van der Waals surface area contributed by atoms with Crippen molar-refractivity contribution in [1.29, 1.82) is 0 Å². The first-order valence-corrected chi connectivity index (χ1v) is 5.81. The lowest BCUT2D eigenvalue weighted by Gasteiger charge is -2.13. The monoisotopic (exact) mass is 229 g/mol. The van der Waals surface area contributed by atoms with Crippen molar-refractivity contribution in [3.8, 4) is 0 Å². The largest absolute Gasteiger partial charge is 0.398 e. The summed E-state index contributed by atoms with van der Waals surface area (Å²) in [5.74, 6) is -0.0835. The summed E-state index contributed by atoms with van der Waals surface area (Å²) in [5, 5.41) is -0.640. The topological polar surface area (TPSA) is 43.1 Å². The Balaban J connectivity index is 3.23. The van der Waals surface area contributed by atoms with Crippen molar-refractivity contribution < 1.29 is 4.79 Å². The van der Waals surface area contributed by atoms with Crippen LogP contribution in [0.4, 0.5) is 5.69 Å². The lowest BCUT2D eigenvalue weighted by atomic mass is 10.1. The standard InChI is InChI=1S/C10H12ClNOS/c1-6(13)10(11)9-7(12)4-3-5-8(9)14-2/h3-5,10H,12H2,1-2H3. The molecule has 1 atom stereocenters. The predicted octanol–water partition coefficient (Wildman–Crippen LogP) is 2.86. The maximum Gasteiger partial charge on any atom is 0.152 e. The average molecular weight is 230 g/mol. The van der Waals surface area contributed by atoms with Gasteiger partial charge in [0.25, 0.3) is 0 Å². The van der Waals surface area contributed by atoms with Crippen molar-refractivity contribution in [1.82, 2.24) is 0 Å². The maximum atomic E-state index is 11.2. The van der Waals surface area contributed by atoms with Crippen LogP contribution in [-0.2, 0) is 4.79 Å². The van der Waals surface area contributed by atoms with Crippen LogP contribution in [-0.4, -0.2) is 12.0 Å². The summed E-state index contributed by atoms with van der Waals surface area (Å²) in [6, 6.07) is 5.52. The number of carbonyl (C=O) groups excluding carboxylic acids is 1. The highest BCUT2D eigenvalue weighted by Gasteiger charge is 2.19. The van der Waals surface area contributed by atoms with E-state index in [0.29, 0.717) is 5.69 Å². The molecule has 0 saturated heterocycles. The molecule has 0 spiro atoms. The van der Waals surface area contributed by atoms with Crippen LogP contribution >= 0.6 is 23.4 Å². The van der Waals surface area contributed by atoms with Gasteiger partial charge in [0.05, 0.1) is 0 Å². The number of alkyl halides is 1. The average Bonchev–Trinajstić information content (AvgIpc) is 2.16. The zero-order valence-electron chi connectivity index (χ0n) is 8.08. The first-order valence-electron chi connectivity index (χ1n) is 4.14. The van der Waals surface area contributed by atoms with Gasteiger partial charge in [0.2, 0.25) is 0 Å². The summed E-state index contributed by atoms with van der Waals surface area (Å²) >= 11 is 7.53. The summed E-state index contributed by atoms with van der Waals surface area (Å²) in [5.41, 5.74) is 7.09. The number of halogens is 1. The van der Waals surface area contributed by atoms with Crippen molar-refractivity contribution in [2.24, 2.45) is 0 Å². The van der Waals surface area contributed by atoms with Gasteiger partial charge in [-0.2, -0.15) is 0 Å². The Labute approximate surface area is 92.8 Å². The van der Waals surface area contributed by atoms with Gasteiger partial charge >= 0.3 is 0 Å². The third-order valence-corrected chi connectivity index (χ3v) is 3.25. The second-order valence-corrected chi connectivity index (χ2v) is 4.22. The van der Waals surface area contributed by atoms with Crippen LogP contribution in [0.5, 0.6) is 0 Å². The molecule has 0 aromatic heterocycles. The highest BCUT2D eigenvalue weighted by Crippen LogP contribution is 2.34. The molecule has 1 aromatic carbocycles. The Morgan fingerprint density at radius 3 is 2.71 bits per heavy atom. The van der Waals surface area contributed by atoms with E-state index < -0.39 is 5.38 Å². The van der Waals surface area contributed by atoms with E-state index >= 15 is 0 Å². The number of Topliss-reactive ketones (excluding diaryl/α,β-unsaturated/α-hetero) is 1. The molecule has 1 aromatic rings. The summed E-state index contributed by atoms with van der Waals surface area (Å²) in [6.45, 7) is 1.47. The number of ketones is 1. The first kappa shape index (κ1) is 11.4. The lowest BCUT2D eigenvalue weighted by Crippen LogP contribution is -2.06. The van der Waals surface area contributed by atoms with Crippen LogP contribution in [0.25, 0.3) is 0 Å². The molecule has 2 nitrogen and oxygen atoms in total. The SMILES string of the molecule is CSc1cccc(N)c1C(Cl)C(C)=O. The Hall–Kier alpha value is -0.670. The van der Waals surface area contributed by atoms with Gasteiger partial charge in [-0.15, -0.1) is 23.4 Å². The molecule has 0 aliphatic rings. The number of thioether (sulfide) groups is 1. The number of benzene rings is 1. The van der Waals surface area contributed by atoms with Gasteiger partial charge < -0.3 is 5.73 Å².